The monoisotopic (exact) mass is 284 g/mol. The molecular weight excluding hydrogens is 264 g/mol. The number of hydrogen-bond donors (Lipinski definition) is 1. The van der Waals surface area contributed by atoms with E-state index in [9.17, 15) is 4.79 Å². The summed E-state index contributed by atoms with van der Waals surface area (Å²) in [6.07, 6.45) is 1.75. The maximum atomic E-state index is 12.2. The zero-order chi connectivity index (χ0) is 14.7. The van der Waals surface area contributed by atoms with Crippen LogP contribution in [0.15, 0.2) is 42.5 Å². The number of carbonyl (C=O) groups excluding carboxylic acids is 1. The lowest BCUT2D eigenvalue weighted by Gasteiger charge is -2.30. The van der Waals surface area contributed by atoms with Crippen molar-refractivity contribution in [2.45, 2.75) is 18.9 Å². The molecular formula is C17H20N2O2. The van der Waals surface area contributed by atoms with E-state index in [0.717, 1.165) is 42.5 Å². The topological polar surface area (TPSA) is 55.6 Å². The molecule has 4 nitrogen and oxygen atoms in total. The van der Waals surface area contributed by atoms with E-state index in [1.807, 2.05) is 47.4 Å². The molecule has 0 aliphatic carbocycles. The number of nitrogens with two attached hydrogens (primary N) is 1. The lowest BCUT2D eigenvalue weighted by Crippen LogP contribution is -2.44. The van der Waals surface area contributed by atoms with Gasteiger partial charge in [-0.25, -0.2) is 0 Å². The number of ether oxygens (including phenoxy) is 1. The van der Waals surface area contributed by atoms with E-state index in [-0.39, 0.29) is 18.6 Å². The summed E-state index contributed by atoms with van der Waals surface area (Å²) in [6.45, 7) is 1.56. The highest BCUT2D eigenvalue weighted by Gasteiger charge is 2.20. The van der Waals surface area contributed by atoms with E-state index in [1.54, 1.807) is 0 Å². The standard InChI is InChI=1S/C17H20N2O2/c18-14-8-10-19(11-9-14)17(20)12-21-16-7-3-5-13-4-1-2-6-15(13)16/h1-7,14H,8-12,18H2. The molecule has 2 aromatic carbocycles. The molecule has 1 saturated heterocycles. The van der Waals surface area contributed by atoms with Crippen molar-refractivity contribution in [3.8, 4) is 5.75 Å². The van der Waals surface area contributed by atoms with Crippen molar-refractivity contribution >= 4 is 16.7 Å². The van der Waals surface area contributed by atoms with Crippen molar-refractivity contribution in [2.75, 3.05) is 19.7 Å². The number of piperidine rings is 1. The summed E-state index contributed by atoms with van der Waals surface area (Å²) < 4.78 is 5.74. The van der Waals surface area contributed by atoms with Gasteiger partial charge in [-0.15, -0.1) is 0 Å². The molecule has 1 aliphatic rings. The summed E-state index contributed by atoms with van der Waals surface area (Å²) >= 11 is 0. The van der Waals surface area contributed by atoms with Gasteiger partial charge >= 0.3 is 0 Å². The molecule has 0 aromatic heterocycles. The predicted molar refractivity (Wildman–Crippen MR) is 83.2 cm³/mol. The SMILES string of the molecule is NC1CCN(C(=O)COc2cccc3ccccc23)CC1. The quantitative estimate of drug-likeness (QED) is 0.939. The highest BCUT2D eigenvalue weighted by molar-refractivity contribution is 5.88. The number of fused-ring (bicyclic) bond motifs is 1. The summed E-state index contributed by atoms with van der Waals surface area (Å²) in [6, 6.07) is 14.1. The fraction of sp³-hybridized carbons (Fsp3) is 0.353. The minimum absolute atomic E-state index is 0.0369. The van der Waals surface area contributed by atoms with Gasteiger partial charge in [-0.2, -0.15) is 0 Å². The number of rotatable bonds is 3. The first-order chi connectivity index (χ1) is 10.2. The van der Waals surface area contributed by atoms with Gasteiger partial charge < -0.3 is 15.4 Å². The van der Waals surface area contributed by atoms with Crippen LogP contribution in [-0.2, 0) is 4.79 Å². The van der Waals surface area contributed by atoms with E-state index >= 15 is 0 Å². The van der Waals surface area contributed by atoms with Crippen LogP contribution >= 0.6 is 0 Å². The molecule has 0 radical (unpaired) electrons. The Labute approximate surface area is 124 Å². The van der Waals surface area contributed by atoms with Crippen LogP contribution < -0.4 is 10.5 Å². The number of hydrogen-bond acceptors (Lipinski definition) is 3. The van der Waals surface area contributed by atoms with E-state index < -0.39 is 0 Å². The molecule has 0 saturated carbocycles. The Kier molecular flexibility index (Phi) is 4.06. The van der Waals surface area contributed by atoms with Crippen molar-refractivity contribution in [1.82, 2.24) is 4.90 Å². The van der Waals surface area contributed by atoms with Crippen LogP contribution in [-0.4, -0.2) is 36.5 Å². The van der Waals surface area contributed by atoms with Crippen LogP contribution in [0.4, 0.5) is 0 Å². The van der Waals surface area contributed by atoms with Gasteiger partial charge in [-0.3, -0.25) is 4.79 Å². The fourth-order valence-corrected chi connectivity index (χ4v) is 2.70. The van der Waals surface area contributed by atoms with E-state index in [4.69, 9.17) is 10.5 Å². The van der Waals surface area contributed by atoms with Gasteiger partial charge in [0.15, 0.2) is 6.61 Å². The summed E-state index contributed by atoms with van der Waals surface area (Å²) in [4.78, 5) is 14.0. The summed E-state index contributed by atoms with van der Waals surface area (Å²) in [7, 11) is 0. The number of amides is 1. The van der Waals surface area contributed by atoms with Gasteiger partial charge in [-0.05, 0) is 24.3 Å². The molecule has 3 rings (SSSR count). The Balaban J connectivity index is 1.65. The van der Waals surface area contributed by atoms with E-state index in [2.05, 4.69) is 0 Å². The maximum absolute atomic E-state index is 12.2. The number of nitrogens with zero attached hydrogens (tertiary/aromatic N) is 1. The summed E-state index contributed by atoms with van der Waals surface area (Å²) in [5.41, 5.74) is 5.86. The van der Waals surface area contributed by atoms with Crippen LogP contribution in [0.2, 0.25) is 0 Å². The summed E-state index contributed by atoms with van der Waals surface area (Å²) in [5, 5.41) is 2.15. The Morgan fingerprint density at radius 1 is 1.14 bits per heavy atom. The van der Waals surface area contributed by atoms with Crippen molar-refractivity contribution in [3.63, 3.8) is 0 Å². The first kappa shape index (κ1) is 13.9. The molecule has 1 amide bonds. The molecule has 4 heteroatoms. The van der Waals surface area contributed by atoms with E-state index in [1.165, 1.54) is 0 Å². The smallest absolute Gasteiger partial charge is 0.260 e. The zero-order valence-corrected chi connectivity index (χ0v) is 12.0. The molecule has 1 heterocycles. The molecule has 0 bridgehead atoms. The van der Waals surface area contributed by atoms with Gasteiger partial charge in [0, 0.05) is 24.5 Å². The molecule has 2 aromatic rings. The van der Waals surface area contributed by atoms with Crippen molar-refractivity contribution in [1.29, 1.82) is 0 Å². The van der Waals surface area contributed by atoms with Crippen molar-refractivity contribution < 1.29 is 9.53 Å². The fourth-order valence-electron chi connectivity index (χ4n) is 2.70. The second-order valence-electron chi connectivity index (χ2n) is 5.48. The molecule has 2 N–H and O–H groups in total. The molecule has 1 fully saturated rings. The van der Waals surface area contributed by atoms with Gasteiger partial charge in [0.25, 0.3) is 5.91 Å². The Morgan fingerprint density at radius 2 is 1.86 bits per heavy atom. The lowest BCUT2D eigenvalue weighted by atomic mass is 10.1. The van der Waals surface area contributed by atoms with Crippen LogP contribution in [0.25, 0.3) is 10.8 Å². The average molecular weight is 284 g/mol. The Morgan fingerprint density at radius 3 is 2.67 bits per heavy atom. The third-order valence-electron chi connectivity index (χ3n) is 3.99. The van der Waals surface area contributed by atoms with Crippen molar-refractivity contribution in [3.05, 3.63) is 42.5 Å². The highest BCUT2D eigenvalue weighted by atomic mass is 16.5. The molecule has 21 heavy (non-hydrogen) atoms. The third kappa shape index (κ3) is 3.16. The van der Waals surface area contributed by atoms with Crippen molar-refractivity contribution in [2.24, 2.45) is 5.73 Å². The maximum Gasteiger partial charge on any atom is 0.260 e. The molecule has 110 valence electrons. The van der Waals surface area contributed by atoms with Crippen LogP contribution in [0.1, 0.15) is 12.8 Å². The number of likely N-dealkylation sites (tertiary alicyclic amines) is 1. The first-order valence-electron chi connectivity index (χ1n) is 7.38. The normalized spacial score (nSPS) is 16.1. The average Bonchev–Trinajstić information content (AvgIpc) is 2.53. The Bertz CT molecular complexity index is 628. The highest BCUT2D eigenvalue weighted by Crippen LogP contribution is 2.25. The van der Waals surface area contributed by atoms with Gasteiger partial charge in [0.2, 0.25) is 0 Å². The summed E-state index contributed by atoms with van der Waals surface area (Å²) in [5.74, 6) is 0.796. The minimum atomic E-state index is 0.0369. The van der Waals surface area contributed by atoms with Crippen LogP contribution in [0.5, 0.6) is 5.75 Å². The van der Waals surface area contributed by atoms with Gasteiger partial charge in [0.1, 0.15) is 5.75 Å². The van der Waals surface area contributed by atoms with Crippen LogP contribution in [0, 0.1) is 0 Å². The van der Waals surface area contributed by atoms with Gasteiger partial charge in [-0.1, -0.05) is 36.4 Å². The van der Waals surface area contributed by atoms with Crippen LogP contribution in [0.3, 0.4) is 0 Å². The largest absolute Gasteiger partial charge is 0.483 e. The Hall–Kier alpha value is -2.07. The lowest BCUT2D eigenvalue weighted by molar-refractivity contribution is -0.134. The number of benzene rings is 2. The second-order valence-corrected chi connectivity index (χ2v) is 5.48. The molecule has 0 unspecified atom stereocenters. The second kappa shape index (κ2) is 6.14. The van der Waals surface area contributed by atoms with Gasteiger partial charge in [0.05, 0.1) is 0 Å². The number of carbonyl (C=O) groups is 1. The predicted octanol–water partition coefficient (Wildman–Crippen LogP) is 2.17. The molecule has 0 atom stereocenters. The third-order valence-corrected chi connectivity index (χ3v) is 3.99. The van der Waals surface area contributed by atoms with E-state index in [0.29, 0.717) is 0 Å². The molecule has 1 aliphatic heterocycles. The first-order valence-corrected chi connectivity index (χ1v) is 7.38. The molecule has 0 spiro atoms. The zero-order valence-electron chi connectivity index (χ0n) is 12.0. The minimum Gasteiger partial charge on any atom is -0.483 e.